The van der Waals surface area contributed by atoms with E-state index in [1.54, 1.807) is 27.0 Å². The lowest BCUT2D eigenvalue weighted by molar-refractivity contribution is -0.384. The zero-order valence-electron chi connectivity index (χ0n) is 12.0. The molecule has 1 aromatic rings. The summed E-state index contributed by atoms with van der Waals surface area (Å²) in [6, 6.07) is 4.03. The molecule has 3 amide bonds. The van der Waals surface area contributed by atoms with E-state index in [1.807, 2.05) is 0 Å². The lowest BCUT2D eigenvalue weighted by atomic mass is 10.1. The first kappa shape index (κ1) is 14.8. The van der Waals surface area contributed by atoms with Gasteiger partial charge >= 0.3 is 6.03 Å². The van der Waals surface area contributed by atoms with Crippen molar-refractivity contribution >= 4 is 23.3 Å². The first-order valence-electron chi connectivity index (χ1n) is 6.36. The van der Waals surface area contributed by atoms with Crippen LogP contribution < -0.4 is 10.6 Å². The number of nitrogens with one attached hydrogen (secondary N) is 2. The molecule has 1 heterocycles. The summed E-state index contributed by atoms with van der Waals surface area (Å²) in [5, 5.41) is 16.3. The highest BCUT2D eigenvalue weighted by Crippen LogP contribution is 2.30. The van der Waals surface area contributed by atoms with Crippen molar-refractivity contribution in [2.24, 2.45) is 0 Å². The van der Waals surface area contributed by atoms with E-state index in [1.165, 1.54) is 12.1 Å². The molecule has 1 saturated heterocycles. The number of amides is 3. The molecule has 1 aliphatic heterocycles. The number of carbonyl (C=O) groups excluding carboxylic acids is 2. The summed E-state index contributed by atoms with van der Waals surface area (Å²) >= 11 is 0. The Morgan fingerprint density at radius 2 is 2.05 bits per heavy atom. The fraction of sp³-hybridized carbons (Fsp3) is 0.385. The van der Waals surface area contributed by atoms with Crippen molar-refractivity contribution in [2.75, 3.05) is 12.4 Å². The molecule has 0 spiro atoms. The van der Waals surface area contributed by atoms with Gasteiger partial charge in [-0.1, -0.05) is 12.1 Å². The van der Waals surface area contributed by atoms with E-state index < -0.39 is 16.5 Å². The predicted octanol–water partition coefficient (Wildman–Crippen LogP) is 1.47. The Labute approximate surface area is 121 Å². The highest BCUT2D eigenvalue weighted by atomic mass is 16.6. The Hall–Kier alpha value is -2.64. The van der Waals surface area contributed by atoms with E-state index in [0.29, 0.717) is 11.3 Å². The van der Waals surface area contributed by atoms with Crippen molar-refractivity contribution in [2.45, 2.75) is 25.9 Å². The average Bonchev–Trinajstić information content (AvgIpc) is 2.60. The molecule has 2 N–H and O–H groups in total. The van der Waals surface area contributed by atoms with Gasteiger partial charge in [0.05, 0.1) is 11.5 Å². The topological polar surface area (TPSA) is 105 Å². The third-order valence-electron chi connectivity index (χ3n) is 3.35. The van der Waals surface area contributed by atoms with Gasteiger partial charge in [-0.2, -0.15) is 0 Å². The Morgan fingerprint density at radius 1 is 1.38 bits per heavy atom. The van der Waals surface area contributed by atoms with Crippen molar-refractivity contribution in [1.82, 2.24) is 10.2 Å². The SMILES string of the molecule is CNc1c(CN2C(=O)NC(C)(C)C2=O)cccc1[N+](=O)[O-]. The number of benzene rings is 1. The fourth-order valence-corrected chi connectivity index (χ4v) is 2.29. The summed E-state index contributed by atoms with van der Waals surface area (Å²) < 4.78 is 0. The number of para-hydroxylation sites is 1. The number of urea groups is 1. The van der Waals surface area contributed by atoms with Crippen LogP contribution in [0.5, 0.6) is 0 Å². The maximum atomic E-state index is 12.1. The van der Waals surface area contributed by atoms with Gasteiger partial charge in [0, 0.05) is 18.7 Å². The zero-order valence-corrected chi connectivity index (χ0v) is 12.0. The van der Waals surface area contributed by atoms with Crippen molar-refractivity contribution in [3.8, 4) is 0 Å². The van der Waals surface area contributed by atoms with Gasteiger partial charge in [0.2, 0.25) is 0 Å². The monoisotopic (exact) mass is 292 g/mol. The molecular weight excluding hydrogens is 276 g/mol. The number of anilines is 1. The second kappa shape index (κ2) is 5.04. The molecule has 8 heteroatoms. The number of rotatable bonds is 4. The van der Waals surface area contributed by atoms with Crippen LogP contribution in [0.25, 0.3) is 0 Å². The van der Waals surface area contributed by atoms with Gasteiger partial charge in [-0.3, -0.25) is 19.8 Å². The first-order chi connectivity index (χ1) is 9.77. The van der Waals surface area contributed by atoms with Crippen LogP contribution in [0.2, 0.25) is 0 Å². The second-order valence-corrected chi connectivity index (χ2v) is 5.26. The van der Waals surface area contributed by atoms with Gasteiger partial charge < -0.3 is 10.6 Å². The predicted molar refractivity (Wildman–Crippen MR) is 75.8 cm³/mol. The fourth-order valence-electron chi connectivity index (χ4n) is 2.29. The molecule has 0 atom stereocenters. The summed E-state index contributed by atoms with van der Waals surface area (Å²) in [6.07, 6.45) is 0. The van der Waals surface area contributed by atoms with E-state index in [-0.39, 0.29) is 18.1 Å². The van der Waals surface area contributed by atoms with Crippen LogP contribution >= 0.6 is 0 Å². The number of imide groups is 1. The third kappa shape index (κ3) is 2.51. The quantitative estimate of drug-likeness (QED) is 0.496. The number of nitro groups is 1. The summed E-state index contributed by atoms with van der Waals surface area (Å²) in [5.74, 6) is -0.360. The van der Waals surface area contributed by atoms with E-state index in [9.17, 15) is 19.7 Å². The van der Waals surface area contributed by atoms with Crippen LogP contribution in [0.3, 0.4) is 0 Å². The van der Waals surface area contributed by atoms with Crippen LogP contribution in [0, 0.1) is 10.1 Å². The number of carbonyl (C=O) groups is 2. The largest absolute Gasteiger partial charge is 0.382 e. The lowest BCUT2D eigenvalue weighted by Gasteiger charge is -2.17. The molecule has 21 heavy (non-hydrogen) atoms. The molecule has 0 unspecified atom stereocenters. The van der Waals surface area contributed by atoms with E-state index in [0.717, 1.165) is 4.90 Å². The second-order valence-electron chi connectivity index (χ2n) is 5.26. The molecule has 0 radical (unpaired) electrons. The van der Waals surface area contributed by atoms with Crippen LogP contribution in [-0.4, -0.2) is 34.3 Å². The van der Waals surface area contributed by atoms with Crippen LogP contribution in [-0.2, 0) is 11.3 Å². The maximum absolute atomic E-state index is 12.1. The summed E-state index contributed by atoms with van der Waals surface area (Å²) in [7, 11) is 1.56. The first-order valence-corrected chi connectivity index (χ1v) is 6.36. The van der Waals surface area contributed by atoms with Crippen LogP contribution in [0.15, 0.2) is 18.2 Å². The van der Waals surface area contributed by atoms with Crippen molar-refractivity contribution in [3.63, 3.8) is 0 Å². The standard InChI is InChI=1S/C13H16N4O4/c1-13(2)11(18)16(12(19)15-13)7-8-5-4-6-9(17(20)21)10(8)14-3/h4-6,14H,7H2,1-3H3,(H,15,19). The highest BCUT2D eigenvalue weighted by molar-refractivity contribution is 6.06. The molecule has 1 aromatic carbocycles. The third-order valence-corrected chi connectivity index (χ3v) is 3.35. The zero-order chi connectivity index (χ0) is 15.8. The van der Waals surface area contributed by atoms with E-state index >= 15 is 0 Å². The summed E-state index contributed by atoms with van der Waals surface area (Å²) in [4.78, 5) is 35.6. The Kier molecular flexibility index (Phi) is 3.54. The number of hydrogen-bond donors (Lipinski definition) is 2. The average molecular weight is 292 g/mol. The molecule has 2 rings (SSSR count). The van der Waals surface area contributed by atoms with E-state index in [2.05, 4.69) is 10.6 Å². The minimum atomic E-state index is -0.961. The smallest absolute Gasteiger partial charge is 0.325 e. The van der Waals surface area contributed by atoms with Crippen molar-refractivity contribution in [3.05, 3.63) is 33.9 Å². The Balaban J connectivity index is 2.37. The van der Waals surface area contributed by atoms with Gasteiger partial charge in [0.15, 0.2) is 0 Å². The lowest BCUT2D eigenvalue weighted by Crippen LogP contribution is -2.40. The highest BCUT2D eigenvalue weighted by Gasteiger charge is 2.44. The number of hydrogen-bond acceptors (Lipinski definition) is 5. The molecule has 8 nitrogen and oxygen atoms in total. The molecular formula is C13H16N4O4. The van der Waals surface area contributed by atoms with Crippen molar-refractivity contribution in [1.29, 1.82) is 0 Å². The summed E-state index contributed by atoms with van der Waals surface area (Å²) in [5.41, 5.74) is -0.251. The molecule has 1 aliphatic rings. The van der Waals surface area contributed by atoms with Gasteiger partial charge in [-0.25, -0.2) is 4.79 Å². The molecule has 1 fully saturated rings. The van der Waals surface area contributed by atoms with Crippen LogP contribution in [0.1, 0.15) is 19.4 Å². The minimum absolute atomic E-state index is 0.0219. The van der Waals surface area contributed by atoms with Crippen LogP contribution in [0.4, 0.5) is 16.2 Å². The van der Waals surface area contributed by atoms with Gasteiger partial charge in [0.25, 0.3) is 11.6 Å². The number of nitrogens with zero attached hydrogens (tertiary/aromatic N) is 2. The van der Waals surface area contributed by atoms with E-state index in [4.69, 9.17) is 0 Å². The van der Waals surface area contributed by atoms with Gasteiger partial charge in [-0.05, 0) is 13.8 Å². The Morgan fingerprint density at radius 3 is 2.52 bits per heavy atom. The molecule has 0 saturated carbocycles. The summed E-state index contributed by atoms with van der Waals surface area (Å²) in [6.45, 7) is 3.20. The molecule has 0 aliphatic carbocycles. The Bertz CT molecular complexity index is 627. The molecule has 0 bridgehead atoms. The normalized spacial score (nSPS) is 16.8. The van der Waals surface area contributed by atoms with Crippen molar-refractivity contribution < 1.29 is 14.5 Å². The maximum Gasteiger partial charge on any atom is 0.325 e. The molecule has 112 valence electrons. The van der Waals surface area contributed by atoms with Gasteiger partial charge in [0.1, 0.15) is 11.2 Å². The number of nitro benzene ring substituents is 1. The van der Waals surface area contributed by atoms with Gasteiger partial charge in [-0.15, -0.1) is 0 Å². The molecule has 0 aromatic heterocycles. The minimum Gasteiger partial charge on any atom is -0.382 e.